The van der Waals surface area contributed by atoms with E-state index in [0.29, 0.717) is 18.9 Å². The molecule has 0 saturated carbocycles. The monoisotopic (exact) mass is 287 g/mol. The van der Waals surface area contributed by atoms with Crippen LogP contribution in [0.1, 0.15) is 39.5 Å². The normalized spacial score (nSPS) is 25.4. The summed E-state index contributed by atoms with van der Waals surface area (Å²) in [5, 5.41) is 8.48. The van der Waals surface area contributed by atoms with Gasteiger partial charge in [0.25, 0.3) is 0 Å². The van der Waals surface area contributed by atoms with Gasteiger partial charge < -0.3 is 4.90 Å². The summed E-state index contributed by atoms with van der Waals surface area (Å²) in [6.45, 7) is 6.28. The Morgan fingerprint density at radius 2 is 2.16 bits per heavy atom. The molecule has 110 valence electrons. The molecule has 0 unspecified atom stereocenters. The van der Waals surface area contributed by atoms with Crippen molar-refractivity contribution in [1.82, 2.24) is 9.21 Å². The molecule has 1 heterocycles. The third-order valence-corrected chi connectivity index (χ3v) is 6.02. The van der Waals surface area contributed by atoms with Crippen molar-refractivity contribution in [3.8, 4) is 6.07 Å². The summed E-state index contributed by atoms with van der Waals surface area (Å²) >= 11 is 0. The molecule has 0 radical (unpaired) electrons. The van der Waals surface area contributed by atoms with Crippen molar-refractivity contribution >= 4 is 10.0 Å². The highest BCUT2D eigenvalue weighted by Crippen LogP contribution is 2.23. The first-order chi connectivity index (χ1) is 8.92. The summed E-state index contributed by atoms with van der Waals surface area (Å²) < 4.78 is 25.9. The van der Waals surface area contributed by atoms with Gasteiger partial charge in [-0.05, 0) is 39.3 Å². The minimum Gasteiger partial charge on any atom is -0.301 e. The molecular weight excluding hydrogens is 262 g/mol. The molecule has 0 aliphatic carbocycles. The van der Waals surface area contributed by atoms with E-state index >= 15 is 0 Å². The maximum absolute atomic E-state index is 12.2. The Kier molecular flexibility index (Phi) is 6.24. The summed E-state index contributed by atoms with van der Waals surface area (Å²) in [6, 6.07) is 2.52. The Morgan fingerprint density at radius 3 is 2.68 bits per heavy atom. The summed E-state index contributed by atoms with van der Waals surface area (Å²) in [4.78, 5) is 2.38. The van der Waals surface area contributed by atoms with Crippen LogP contribution in [-0.2, 0) is 10.0 Å². The van der Waals surface area contributed by atoms with Crippen LogP contribution in [0.25, 0.3) is 0 Å². The van der Waals surface area contributed by atoms with Gasteiger partial charge >= 0.3 is 0 Å². The van der Waals surface area contributed by atoms with Crippen LogP contribution in [0.3, 0.4) is 0 Å². The van der Waals surface area contributed by atoms with Gasteiger partial charge in [0.05, 0.1) is 11.8 Å². The van der Waals surface area contributed by atoms with Crippen LogP contribution < -0.4 is 0 Å². The van der Waals surface area contributed by atoms with Crippen LogP contribution in [0.2, 0.25) is 0 Å². The van der Waals surface area contributed by atoms with Crippen LogP contribution in [-0.4, -0.2) is 55.6 Å². The number of nitriles is 1. The largest absolute Gasteiger partial charge is 0.301 e. The standard InChI is InChI=1S/C13H25N3O2S/c1-4-16-9-7-13(11-12(16)2)15(3)19(17,18)10-6-5-8-14/h12-13H,4-7,9-11H2,1-3H3/t12-,13+/m1/s1. The maximum Gasteiger partial charge on any atom is 0.214 e. The lowest BCUT2D eigenvalue weighted by atomic mass is 9.99. The minimum atomic E-state index is -3.22. The Bertz CT molecular complexity index is 416. The molecule has 1 fully saturated rings. The maximum atomic E-state index is 12.2. The van der Waals surface area contributed by atoms with E-state index in [-0.39, 0.29) is 11.8 Å². The number of rotatable bonds is 6. The molecule has 0 N–H and O–H groups in total. The van der Waals surface area contributed by atoms with Crippen LogP contribution in [0, 0.1) is 11.3 Å². The van der Waals surface area contributed by atoms with Crippen LogP contribution in [0.4, 0.5) is 0 Å². The molecule has 0 amide bonds. The Balaban J connectivity index is 2.58. The number of likely N-dealkylation sites (tertiary alicyclic amines) is 1. The molecule has 0 aromatic heterocycles. The van der Waals surface area contributed by atoms with Gasteiger partial charge in [0.1, 0.15) is 0 Å². The molecule has 1 aliphatic heterocycles. The molecule has 5 nitrogen and oxygen atoms in total. The quantitative estimate of drug-likeness (QED) is 0.693. The Morgan fingerprint density at radius 1 is 1.47 bits per heavy atom. The zero-order valence-electron chi connectivity index (χ0n) is 12.2. The van der Waals surface area contributed by atoms with E-state index in [0.717, 1.165) is 25.9 Å². The van der Waals surface area contributed by atoms with Crippen molar-refractivity contribution in [2.45, 2.75) is 51.6 Å². The van der Waals surface area contributed by atoms with E-state index in [2.05, 4.69) is 18.7 Å². The van der Waals surface area contributed by atoms with Crippen molar-refractivity contribution in [2.75, 3.05) is 25.9 Å². The van der Waals surface area contributed by atoms with E-state index in [1.807, 2.05) is 6.07 Å². The zero-order chi connectivity index (χ0) is 14.5. The minimum absolute atomic E-state index is 0.0828. The molecule has 19 heavy (non-hydrogen) atoms. The molecule has 2 atom stereocenters. The molecule has 0 aromatic carbocycles. The van der Waals surface area contributed by atoms with Crippen molar-refractivity contribution < 1.29 is 8.42 Å². The van der Waals surface area contributed by atoms with Gasteiger partial charge in [0, 0.05) is 25.6 Å². The molecule has 0 spiro atoms. The highest BCUT2D eigenvalue weighted by molar-refractivity contribution is 7.89. The van der Waals surface area contributed by atoms with Crippen LogP contribution in [0.5, 0.6) is 0 Å². The second-order valence-electron chi connectivity index (χ2n) is 5.25. The fourth-order valence-corrected chi connectivity index (χ4v) is 4.14. The van der Waals surface area contributed by atoms with E-state index < -0.39 is 10.0 Å². The number of hydrogen-bond donors (Lipinski definition) is 0. The number of nitrogens with zero attached hydrogens (tertiary/aromatic N) is 3. The van der Waals surface area contributed by atoms with Gasteiger partial charge in [-0.2, -0.15) is 5.26 Å². The summed E-state index contributed by atoms with van der Waals surface area (Å²) in [7, 11) is -1.53. The van der Waals surface area contributed by atoms with E-state index in [1.54, 1.807) is 7.05 Å². The smallest absolute Gasteiger partial charge is 0.214 e. The third kappa shape index (κ3) is 4.44. The first kappa shape index (κ1) is 16.4. The lowest BCUT2D eigenvalue weighted by Gasteiger charge is -2.40. The van der Waals surface area contributed by atoms with E-state index in [4.69, 9.17) is 5.26 Å². The highest BCUT2D eigenvalue weighted by atomic mass is 32.2. The van der Waals surface area contributed by atoms with Crippen molar-refractivity contribution in [1.29, 1.82) is 5.26 Å². The number of hydrogen-bond acceptors (Lipinski definition) is 4. The Hall–Kier alpha value is -0.640. The molecule has 6 heteroatoms. The van der Waals surface area contributed by atoms with Crippen LogP contribution in [0.15, 0.2) is 0 Å². The second kappa shape index (κ2) is 7.22. The lowest BCUT2D eigenvalue weighted by Crippen LogP contribution is -2.49. The van der Waals surface area contributed by atoms with E-state index in [9.17, 15) is 8.42 Å². The average Bonchev–Trinajstić information content (AvgIpc) is 2.38. The second-order valence-corrected chi connectivity index (χ2v) is 7.40. The average molecular weight is 287 g/mol. The van der Waals surface area contributed by atoms with Gasteiger partial charge in [-0.15, -0.1) is 0 Å². The molecule has 1 saturated heterocycles. The topological polar surface area (TPSA) is 64.4 Å². The predicted molar refractivity (Wildman–Crippen MR) is 76.1 cm³/mol. The number of piperidine rings is 1. The van der Waals surface area contributed by atoms with Gasteiger partial charge in [-0.1, -0.05) is 6.92 Å². The van der Waals surface area contributed by atoms with Gasteiger partial charge in [0.15, 0.2) is 0 Å². The summed E-state index contributed by atoms with van der Waals surface area (Å²) in [5.74, 6) is 0.0828. The fraction of sp³-hybridized carbons (Fsp3) is 0.923. The summed E-state index contributed by atoms with van der Waals surface area (Å²) in [5.41, 5.74) is 0. The lowest BCUT2D eigenvalue weighted by molar-refractivity contribution is 0.121. The molecule has 0 aromatic rings. The van der Waals surface area contributed by atoms with Crippen molar-refractivity contribution in [3.63, 3.8) is 0 Å². The number of sulfonamides is 1. The molecule has 1 rings (SSSR count). The van der Waals surface area contributed by atoms with Gasteiger partial charge in [0.2, 0.25) is 10.0 Å². The highest BCUT2D eigenvalue weighted by Gasteiger charge is 2.31. The van der Waals surface area contributed by atoms with Gasteiger partial charge in [-0.3, -0.25) is 0 Å². The Labute approximate surface area is 117 Å². The predicted octanol–water partition coefficient (Wildman–Crippen LogP) is 1.42. The van der Waals surface area contributed by atoms with Gasteiger partial charge in [-0.25, -0.2) is 12.7 Å². The molecular formula is C13H25N3O2S. The zero-order valence-corrected chi connectivity index (χ0v) is 13.0. The molecule has 1 aliphatic rings. The van der Waals surface area contributed by atoms with Crippen molar-refractivity contribution in [2.24, 2.45) is 0 Å². The molecule has 0 bridgehead atoms. The third-order valence-electron chi connectivity index (χ3n) is 4.04. The fourth-order valence-electron chi connectivity index (χ4n) is 2.70. The first-order valence-electron chi connectivity index (χ1n) is 6.99. The van der Waals surface area contributed by atoms with E-state index in [1.165, 1.54) is 4.31 Å². The van der Waals surface area contributed by atoms with Crippen molar-refractivity contribution in [3.05, 3.63) is 0 Å². The number of unbranched alkanes of at least 4 members (excludes halogenated alkanes) is 1. The van der Waals surface area contributed by atoms with Crippen LogP contribution >= 0.6 is 0 Å². The SMILES string of the molecule is CCN1CC[C@H](N(C)S(=O)(=O)CCCC#N)C[C@H]1C. The summed E-state index contributed by atoms with van der Waals surface area (Å²) in [6.07, 6.45) is 2.51. The first-order valence-corrected chi connectivity index (χ1v) is 8.60.